The Hall–Kier alpha value is -4.41. The number of ether oxygens (including phenoxy) is 2. The molecule has 158 valence electrons. The molecule has 0 atom stereocenters. The maximum atomic E-state index is 10.7. The normalized spacial score (nSPS) is 9.84. The SMILES string of the molecule is C#Cc1ccccc1C(=CCOc1ccc(OCC(=O)O)c(C)c1)c1ccccc1C#C. The smallest absolute Gasteiger partial charge is 0.341 e. The van der Waals surface area contributed by atoms with Gasteiger partial charge < -0.3 is 14.6 Å². The summed E-state index contributed by atoms with van der Waals surface area (Å²) >= 11 is 0. The van der Waals surface area contributed by atoms with Crippen LogP contribution in [0, 0.1) is 31.6 Å². The van der Waals surface area contributed by atoms with Gasteiger partial charge in [-0.05, 0) is 65.6 Å². The lowest BCUT2D eigenvalue weighted by Crippen LogP contribution is -2.10. The first-order valence-electron chi connectivity index (χ1n) is 9.93. The van der Waals surface area contributed by atoms with E-state index in [1.807, 2.05) is 61.5 Å². The van der Waals surface area contributed by atoms with Gasteiger partial charge in [0, 0.05) is 11.1 Å². The highest BCUT2D eigenvalue weighted by Gasteiger charge is 2.12. The maximum Gasteiger partial charge on any atom is 0.341 e. The summed E-state index contributed by atoms with van der Waals surface area (Å²) in [6, 6.07) is 20.6. The summed E-state index contributed by atoms with van der Waals surface area (Å²) in [5.41, 5.74) is 5.00. The highest BCUT2D eigenvalue weighted by atomic mass is 16.5. The van der Waals surface area contributed by atoms with Gasteiger partial charge in [0.1, 0.15) is 18.1 Å². The standard InChI is InChI=1S/C28H22O4/c1-4-21-10-6-8-12-24(21)26(25-13-9-7-11-22(25)5-2)16-17-31-23-14-15-27(20(3)18-23)32-19-28(29)30/h1-2,6-16,18H,17,19H2,3H3,(H,29,30). The molecule has 0 aliphatic carbocycles. The Morgan fingerprint density at radius 3 is 2.06 bits per heavy atom. The molecular weight excluding hydrogens is 400 g/mol. The van der Waals surface area contributed by atoms with Gasteiger partial charge in [0.05, 0.1) is 0 Å². The lowest BCUT2D eigenvalue weighted by molar-refractivity contribution is -0.139. The molecule has 1 N–H and O–H groups in total. The number of aryl methyl sites for hydroxylation is 1. The summed E-state index contributed by atoms with van der Waals surface area (Å²) in [6.07, 6.45) is 13.4. The molecule has 4 heteroatoms. The Bertz CT molecular complexity index is 1180. The van der Waals surface area contributed by atoms with Crippen molar-refractivity contribution in [2.24, 2.45) is 0 Å². The number of aliphatic carboxylic acids is 1. The number of hydrogen-bond acceptors (Lipinski definition) is 3. The molecule has 0 radical (unpaired) electrons. The molecule has 0 aliphatic rings. The van der Waals surface area contributed by atoms with Gasteiger partial charge in [-0.3, -0.25) is 0 Å². The average Bonchev–Trinajstić information content (AvgIpc) is 2.81. The summed E-state index contributed by atoms with van der Waals surface area (Å²) in [7, 11) is 0. The van der Waals surface area contributed by atoms with Gasteiger partial charge in [-0.15, -0.1) is 12.8 Å². The zero-order valence-corrected chi connectivity index (χ0v) is 17.7. The third-order valence-electron chi connectivity index (χ3n) is 4.78. The molecule has 0 bridgehead atoms. The molecule has 32 heavy (non-hydrogen) atoms. The molecule has 0 heterocycles. The average molecular weight is 422 g/mol. The minimum absolute atomic E-state index is 0.280. The monoisotopic (exact) mass is 422 g/mol. The van der Waals surface area contributed by atoms with E-state index in [0.29, 0.717) is 11.5 Å². The molecule has 3 rings (SSSR count). The minimum Gasteiger partial charge on any atom is -0.489 e. The summed E-state index contributed by atoms with van der Waals surface area (Å²) in [4.78, 5) is 10.7. The van der Waals surface area contributed by atoms with Gasteiger partial charge in [-0.25, -0.2) is 4.79 Å². The Balaban J connectivity index is 1.89. The lowest BCUT2D eigenvalue weighted by Gasteiger charge is -2.14. The van der Waals surface area contributed by atoms with Crippen molar-refractivity contribution in [1.82, 2.24) is 0 Å². The van der Waals surface area contributed by atoms with Crippen LogP contribution in [0.4, 0.5) is 0 Å². The number of terminal acetylenes is 2. The maximum absolute atomic E-state index is 10.7. The number of carboxylic acids is 1. The van der Waals surface area contributed by atoms with E-state index >= 15 is 0 Å². The Morgan fingerprint density at radius 1 is 0.938 bits per heavy atom. The first-order chi connectivity index (χ1) is 15.5. The van der Waals surface area contributed by atoms with E-state index in [1.165, 1.54) is 0 Å². The number of rotatable bonds is 8. The molecule has 3 aromatic carbocycles. The van der Waals surface area contributed by atoms with E-state index in [0.717, 1.165) is 33.4 Å². The lowest BCUT2D eigenvalue weighted by atomic mass is 9.91. The second-order valence-corrected chi connectivity index (χ2v) is 6.92. The van der Waals surface area contributed by atoms with Crippen molar-refractivity contribution in [3.63, 3.8) is 0 Å². The molecule has 0 fully saturated rings. The van der Waals surface area contributed by atoms with E-state index in [4.69, 9.17) is 27.4 Å². The first kappa shape index (κ1) is 22.3. The fourth-order valence-corrected chi connectivity index (χ4v) is 3.29. The number of benzene rings is 3. The molecule has 0 amide bonds. The zero-order chi connectivity index (χ0) is 22.9. The van der Waals surface area contributed by atoms with Crippen LogP contribution in [0.2, 0.25) is 0 Å². The van der Waals surface area contributed by atoms with Crippen LogP contribution >= 0.6 is 0 Å². The third-order valence-corrected chi connectivity index (χ3v) is 4.78. The van der Waals surface area contributed by atoms with Crippen LogP contribution in [-0.4, -0.2) is 24.3 Å². The van der Waals surface area contributed by atoms with Gasteiger partial charge in [-0.2, -0.15) is 0 Å². The van der Waals surface area contributed by atoms with Crippen LogP contribution < -0.4 is 9.47 Å². The summed E-state index contributed by atoms with van der Waals surface area (Å²) < 4.78 is 11.2. The van der Waals surface area contributed by atoms with Gasteiger partial charge in [0.25, 0.3) is 0 Å². The molecule has 4 nitrogen and oxygen atoms in total. The predicted molar refractivity (Wildman–Crippen MR) is 126 cm³/mol. The first-order valence-corrected chi connectivity index (χ1v) is 9.93. The van der Waals surface area contributed by atoms with Gasteiger partial charge in [-0.1, -0.05) is 48.2 Å². The number of hydrogen-bond donors (Lipinski definition) is 1. The molecule has 0 saturated heterocycles. The molecule has 0 spiro atoms. The van der Waals surface area contributed by atoms with E-state index in [9.17, 15) is 4.79 Å². The largest absolute Gasteiger partial charge is 0.489 e. The predicted octanol–water partition coefficient (Wildman–Crippen LogP) is 4.93. The second-order valence-electron chi connectivity index (χ2n) is 6.92. The van der Waals surface area contributed by atoms with E-state index in [2.05, 4.69) is 11.8 Å². The van der Waals surface area contributed by atoms with Crippen molar-refractivity contribution in [3.8, 4) is 36.2 Å². The van der Waals surface area contributed by atoms with Crippen molar-refractivity contribution < 1.29 is 19.4 Å². The van der Waals surface area contributed by atoms with Crippen LogP contribution in [0.3, 0.4) is 0 Å². The highest BCUT2D eigenvalue weighted by Crippen LogP contribution is 2.29. The summed E-state index contributed by atoms with van der Waals surface area (Å²) in [5.74, 6) is 5.58. The van der Waals surface area contributed by atoms with Crippen molar-refractivity contribution in [1.29, 1.82) is 0 Å². The molecule has 3 aromatic rings. The minimum atomic E-state index is -1.03. The molecule has 0 aromatic heterocycles. The van der Waals surface area contributed by atoms with Gasteiger partial charge in [0.15, 0.2) is 6.61 Å². The summed E-state index contributed by atoms with van der Waals surface area (Å²) in [5, 5.41) is 8.77. The molecule has 0 saturated carbocycles. The Labute approximate surface area is 188 Å². The number of carboxylic acid groups (broad SMARTS) is 1. The highest BCUT2D eigenvalue weighted by molar-refractivity contribution is 5.85. The number of carbonyl (C=O) groups is 1. The Kier molecular flexibility index (Phi) is 7.36. The Morgan fingerprint density at radius 2 is 1.53 bits per heavy atom. The van der Waals surface area contributed by atoms with Crippen molar-refractivity contribution in [2.45, 2.75) is 6.92 Å². The molecule has 0 aliphatic heterocycles. The van der Waals surface area contributed by atoms with Crippen LogP contribution in [0.5, 0.6) is 11.5 Å². The van der Waals surface area contributed by atoms with E-state index in [1.54, 1.807) is 18.2 Å². The van der Waals surface area contributed by atoms with Crippen LogP contribution in [0.1, 0.15) is 27.8 Å². The molecule has 0 unspecified atom stereocenters. The van der Waals surface area contributed by atoms with Gasteiger partial charge >= 0.3 is 5.97 Å². The quantitative estimate of drug-likeness (QED) is 0.523. The van der Waals surface area contributed by atoms with Crippen molar-refractivity contribution in [2.75, 3.05) is 13.2 Å². The summed E-state index contributed by atoms with van der Waals surface area (Å²) in [6.45, 7) is 1.72. The fraction of sp³-hybridized carbons (Fsp3) is 0.107. The van der Waals surface area contributed by atoms with Crippen molar-refractivity contribution in [3.05, 3.63) is 101 Å². The van der Waals surface area contributed by atoms with Crippen molar-refractivity contribution >= 4 is 11.5 Å². The van der Waals surface area contributed by atoms with E-state index in [-0.39, 0.29) is 6.61 Å². The topological polar surface area (TPSA) is 55.8 Å². The molecular formula is C28H22O4. The van der Waals surface area contributed by atoms with Crippen LogP contribution in [-0.2, 0) is 4.79 Å². The van der Waals surface area contributed by atoms with Crippen LogP contribution in [0.15, 0.2) is 72.8 Å². The fourth-order valence-electron chi connectivity index (χ4n) is 3.29. The van der Waals surface area contributed by atoms with E-state index < -0.39 is 12.6 Å². The zero-order valence-electron chi connectivity index (χ0n) is 17.7. The third kappa shape index (κ3) is 5.39. The van der Waals surface area contributed by atoms with Crippen LogP contribution in [0.25, 0.3) is 5.57 Å². The second kappa shape index (κ2) is 10.6. The van der Waals surface area contributed by atoms with Gasteiger partial charge in [0.2, 0.25) is 0 Å².